The van der Waals surface area contributed by atoms with Crippen LogP contribution < -0.4 is 14.8 Å². The number of methoxy groups -OCH3 is 2. The maximum atomic E-state index is 13.1. The highest BCUT2D eigenvalue weighted by Gasteiger charge is 2.22. The van der Waals surface area contributed by atoms with Gasteiger partial charge in [-0.25, -0.2) is 0 Å². The standard InChI is InChI=1S/C23H26N2O4/c1-28-19-10-6-17(7-11-19)16-21(23(27)25-14-4-3-5-15-25)24-22(26)18-8-12-20(29-2)13-9-18/h6-13,16H,3-5,14-15H2,1-2H3,(H,24,26)/b21-16+. The molecular formula is C23H26N2O4. The Balaban J connectivity index is 1.85. The predicted octanol–water partition coefficient (Wildman–Crippen LogP) is 3.49. The molecule has 0 saturated carbocycles. The Bertz CT molecular complexity index is 867. The van der Waals surface area contributed by atoms with Crippen molar-refractivity contribution in [3.8, 4) is 11.5 Å². The molecule has 1 aliphatic heterocycles. The summed E-state index contributed by atoms with van der Waals surface area (Å²) in [5.74, 6) is 0.897. The number of carbonyl (C=O) groups excluding carboxylic acids is 2. The van der Waals surface area contributed by atoms with Crippen LogP contribution in [0.2, 0.25) is 0 Å². The number of amides is 2. The van der Waals surface area contributed by atoms with Crippen molar-refractivity contribution in [2.24, 2.45) is 0 Å². The highest BCUT2D eigenvalue weighted by molar-refractivity contribution is 6.05. The average Bonchev–Trinajstić information content (AvgIpc) is 2.79. The van der Waals surface area contributed by atoms with Crippen molar-refractivity contribution in [1.82, 2.24) is 10.2 Å². The maximum absolute atomic E-state index is 13.1. The van der Waals surface area contributed by atoms with E-state index in [2.05, 4.69) is 5.32 Å². The van der Waals surface area contributed by atoms with Crippen LogP contribution in [-0.4, -0.2) is 44.0 Å². The summed E-state index contributed by atoms with van der Waals surface area (Å²) in [6.45, 7) is 1.41. The van der Waals surface area contributed by atoms with E-state index < -0.39 is 0 Å². The molecule has 1 fully saturated rings. The van der Waals surface area contributed by atoms with E-state index in [1.54, 1.807) is 49.5 Å². The van der Waals surface area contributed by atoms with E-state index in [9.17, 15) is 9.59 Å². The van der Waals surface area contributed by atoms with Crippen molar-refractivity contribution in [2.75, 3.05) is 27.3 Å². The Morgan fingerprint density at radius 1 is 0.862 bits per heavy atom. The van der Waals surface area contributed by atoms with Crippen molar-refractivity contribution < 1.29 is 19.1 Å². The van der Waals surface area contributed by atoms with Crippen LogP contribution in [0.1, 0.15) is 35.2 Å². The molecule has 152 valence electrons. The summed E-state index contributed by atoms with van der Waals surface area (Å²) in [6.07, 6.45) is 4.79. The fourth-order valence-corrected chi connectivity index (χ4v) is 3.22. The average molecular weight is 394 g/mol. The molecule has 0 spiro atoms. The Morgan fingerprint density at radius 2 is 1.41 bits per heavy atom. The monoisotopic (exact) mass is 394 g/mol. The molecule has 6 nitrogen and oxygen atoms in total. The zero-order chi connectivity index (χ0) is 20.6. The Morgan fingerprint density at radius 3 is 1.97 bits per heavy atom. The summed E-state index contributed by atoms with van der Waals surface area (Å²) in [5.41, 5.74) is 1.52. The van der Waals surface area contributed by atoms with E-state index in [1.165, 1.54) is 0 Å². The molecule has 29 heavy (non-hydrogen) atoms. The van der Waals surface area contributed by atoms with Gasteiger partial charge in [0.25, 0.3) is 11.8 Å². The van der Waals surface area contributed by atoms with Gasteiger partial charge in [0.05, 0.1) is 14.2 Å². The largest absolute Gasteiger partial charge is 0.497 e. The molecule has 0 aromatic heterocycles. The van der Waals surface area contributed by atoms with E-state index in [4.69, 9.17) is 9.47 Å². The van der Waals surface area contributed by atoms with Crippen LogP contribution in [0.25, 0.3) is 6.08 Å². The first-order valence-corrected chi connectivity index (χ1v) is 9.71. The van der Waals surface area contributed by atoms with E-state index in [0.717, 1.165) is 30.6 Å². The quantitative estimate of drug-likeness (QED) is 0.762. The third-order valence-electron chi connectivity index (χ3n) is 4.90. The first kappa shape index (κ1) is 20.5. The number of benzene rings is 2. The normalized spacial score (nSPS) is 14.3. The number of hydrogen-bond acceptors (Lipinski definition) is 4. The van der Waals surface area contributed by atoms with Crippen LogP contribution in [0.15, 0.2) is 54.2 Å². The first-order chi connectivity index (χ1) is 14.1. The fourth-order valence-electron chi connectivity index (χ4n) is 3.22. The zero-order valence-corrected chi connectivity index (χ0v) is 16.8. The van der Waals surface area contributed by atoms with Crippen molar-refractivity contribution >= 4 is 17.9 Å². The van der Waals surface area contributed by atoms with Gasteiger partial charge in [-0.2, -0.15) is 0 Å². The molecule has 2 aromatic carbocycles. The lowest BCUT2D eigenvalue weighted by Gasteiger charge is -2.27. The molecule has 0 radical (unpaired) electrons. The minimum Gasteiger partial charge on any atom is -0.497 e. The van der Waals surface area contributed by atoms with Gasteiger partial charge in [0.1, 0.15) is 17.2 Å². The third-order valence-corrected chi connectivity index (χ3v) is 4.90. The number of likely N-dealkylation sites (tertiary alicyclic amines) is 1. The maximum Gasteiger partial charge on any atom is 0.270 e. The van der Waals surface area contributed by atoms with Crippen molar-refractivity contribution in [1.29, 1.82) is 0 Å². The minimum atomic E-state index is -0.335. The second-order valence-corrected chi connectivity index (χ2v) is 6.87. The lowest BCUT2D eigenvalue weighted by molar-refractivity contribution is -0.128. The Kier molecular flexibility index (Phi) is 6.89. The van der Waals surface area contributed by atoms with Gasteiger partial charge < -0.3 is 19.7 Å². The highest BCUT2D eigenvalue weighted by Crippen LogP contribution is 2.17. The summed E-state index contributed by atoms with van der Waals surface area (Å²) in [4.78, 5) is 27.6. The van der Waals surface area contributed by atoms with Crippen LogP contribution in [0, 0.1) is 0 Å². The Labute approximate surface area is 171 Å². The van der Waals surface area contributed by atoms with E-state index >= 15 is 0 Å². The van der Waals surface area contributed by atoms with Gasteiger partial charge in [-0.05, 0) is 67.3 Å². The SMILES string of the molecule is COc1ccc(/C=C(/NC(=O)c2ccc(OC)cc2)C(=O)N2CCCCC2)cc1. The minimum absolute atomic E-state index is 0.164. The molecule has 0 unspecified atom stereocenters. The molecule has 1 saturated heterocycles. The number of nitrogens with one attached hydrogen (secondary N) is 1. The van der Waals surface area contributed by atoms with Crippen LogP contribution in [0.5, 0.6) is 11.5 Å². The van der Waals surface area contributed by atoms with E-state index in [0.29, 0.717) is 24.4 Å². The Hall–Kier alpha value is -3.28. The van der Waals surface area contributed by atoms with E-state index in [1.807, 2.05) is 24.3 Å². The lowest BCUT2D eigenvalue weighted by atomic mass is 10.1. The van der Waals surface area contributed by atoms with Gasteiger partial charge in [-0.3, -0.25) is 9.59 Å². The summed E-state index contributed by atoms with van der Waals surface area (Å²) in [5, 5.41) is 2.80. The second kappa shape index (κ2) is 9.78. The van der Waals surface area contributed by atoms with Crippen molar-refractivity contribution in [3.63, 3.8) is 0 Å². The van der Waals surface area contributed by atoms with Gasteiger partial charge in [0.15, 0.2) is 0 Å². The van der Waals surface area contributed by atoms with Gasteiger partial charge >= 0.3 is 0 Å². The summed E-state index contributed by atoms with van der Waals surface area (Å²) in [7, 11) is 3.17. The van der Waals surface area contributed by atoms with Crippen LogP contribution in [0.3, 0.4) is 0 Å². The van der Waals surface area contributed by atoms with Gasteiger partial charge in [-0.1, -0.05) is 12.1 Å². The molecular weight excluding hydrogens is 368 g/mol. The van der Waals surface area contributed by atoms with Crippen LogP contribution in [-0.2, 0) is 4.79 Å². The van der Waals surface area contributed by atoms with Crippen LogP contribution >= 0.6 is 0 Å². The molecule has 6 heteroatoms. The van der Waals surface area contributed by atoms with Crippen molar-refractivity contribution in [2.45, 2.75) is 19.3 Å². The molecule has 0 atom stereocenters. The van der Waals surface area contributed by atoms with Crippen molar-refractivity contribution in [3.05, 3.63) is 65.4 Å². The smallest absolute Gasteiger partial charge is 0.270 e. The number of piperidine rings is 1. The van der Waals surface area contributed by atoms with Gasteiger partial charge in [0, 0.05) is 18.7 Å². The summed E-state index contributed by atoms with van der Waals surface area (Å²) >= 11 is 0. The number of ether oxygens (including phenoxy) is 2. The number of hydrogen-bond donors (Lipinski definition) is 1. The van der Waals surface area contributed by atoms with Crippen LogP contribution in [0.4, 0.5) is 0 Å². The number of carbonyl (C=O) groups is 2. The summed E-state index contributed by atoms with van der Waals surface area (Å²) < 4.78 is 10.3. The zero-order valence-electron chi connectivity index (χ0n) is 16.8. The lowest BCUT2D eigenvalue weighted by Crippen LogP contribution is -2.41. The molecule has 0 bridgehead atoms. The summed E-state index contributed by atoms with van der Waals surface area (Å²) in [6, 6.07) is 14.1. The first-order valence-electron chi connectivity index (χ1n) is 9.71. The number of rotatable bonds is 6. The molecule has 3 rings (SSSR count). The molecule has 0 aliphatic carbocycles. The van der Waals surface area contributed by atoms with Gasteiger partial charge in [0.2, 0.25) is 0 Å². The predicted molar refractivity (Wildman–Crippen MR) is 112 cm³/mol. The molecule has 2 aromatic rings. The third kappa shape index (κ3) is 5.38. The molecule has 2 amide bonds. The molecule has 1 N–H and O–H groups in total. The van der Waals surface area contributed by atoms with Gasteiger partial charge in [-0.15, -0.1) is 0 Å². The molecule has 1 heterocycles. The highest BCUT2D eigenvalue weighted by atomic mass is 16.5. The van der Waals surface area contributed by atoms with E-state index in [-0.39, 0.29) is 17.5 Å². The second-order valence-electron chi connectivity index (χ2n) is 6.87. The molecule has 1 aliphatic rings. The number of nitrogens with zero attached hydrogens (tertiary/aromatic N) is 1. The fraction of sp³-hybridized carbons (Fsp3) is 0.304. The topological polar surface area (TPSA) is 67.9 Å².